The lowest BCUT2D eigenvalue weighted by Gasteiger charge is -2.28. The molecule has 4 amide bonds. The number of aliphatic carboxylic acids is 1. The van der Waals surface area contributed by atoms with Gasteiger partial charge < -0.3 is 38.3 Å². The fourth-order valence-electron chi connectivity index (χ4n) is 2.74. The zero-order chi connectivity index (χ0) is 24.8. The minimum absolute atomic E-state index is 0.0807. The number of amides is 4. The second kappa shape index (κ2) is 15.4. The minimum atomic E-state index is -1.53. The zero-order valence-electron chi connectivity index (χ0n) is 18.5. The molecular weight excluding hydrogens is 440 g/mol. The predicted molar refractivity (Wildman–Crippen MR) is 121 cm³/mol. The minimum Gasteiger partial charge on any atom is -0.480 e. The largest absolute Gasteiger partial charge is 0.480 e. The highest BCUT2D eigenvalue weighted by Crippen LogP contribution is 2.11. The summed E-state index contributed by atoms with van der Waals surface area (Å²) in [5.41, 5.74) is 16.2. The maximum atomic E-state index is 12.9. The fraction of sp³-hybridized carbons (Fsp3) is 0.737. The quantitative estimate of drug-likeness (QED) is 0.0902. The van der Waals surface area contributed by atoms with Gasteiger partial charge in [0.1, 0.15) is 18.1 Å². The molecule has 0 radical (unpaired) electrons. The van der Waals surface area contributed by atoms with Crippen molar-refractivity contribution in [3.8, 4) is 0 Å². The molecule has 184 valence electrons. The van der Waals surface area contributed by atoms with Crippen molar-refractivity contribution in [2.45, 2.75) is 70.1 Å². The molecule has 0 saturated carbocycles. The smallest absolute Gasteiger partial charge is 0.326 e. The highest BCUT2D eigenvalue weighted by molar-refractivity contribution is 7.80. The van der Waals surface area contributed by atoms with Crippen LogP contribution in [0.1, 0.15) is 46.0 Å². The Balaban J connectivity index is 5.52. The van der Waals surface area contributed by atoms with E-state index in [1.54, 1.807) is 13.8 Å². The first kappa shape index (κ1) is 29.6. The van der Waals surface area contributed by atoms with E-state index < -0.39 is 60.2 Å². The number of hydrogen-bond donors (Lipinski definition) is 8. The van der Waals surface area contributed by atoms with Crippen molar-refractivity contribution in [2.75, 3.05) is 12.3 Å². The topological polar surface area (TPSA) is 220 Å². The summed E-state index contributed by atoms with van der Waals surface area (Å²) in [5, 5.41) is 16.6. The summed E-state index contributed by atoms with van der Waals surface area (Å²) in [7, 11) is 0. The zero-order valence-corrected chi connectivity index (χ0v) is 19.4. The monoisotopic (exact) mass is 476 g/mol. The lowest BCUT2D eigenvalue weighted by atomic mass is 9.96. The molecule has 0 heterocycles. The highest BCUT2D eigenvalue weighted by atomic mass is 32.1. The normalized spacial score (nSPS) is 15.5. The maximum Gasteiger partial charge on any atom is 0.326 e. The van der Waals surface area contributed by atoms with Crippen molar-refractivity contribution in [1.82, 2.24) is 16.0 Å². The molecule has 0 rings (SSSR count). The summed E-state index contributed by atoms with van der Waals surface area (Å²) < 4.78 is 0. The van der Waals surface area contributed by atoms with Gasteiger partial charge >= 0.3 is 5.97 Å². The fourth-order valence-corrected chi connectivity index (χ4v) is 2.91. The summed E-state index contributed by atoms with van der Waals surface area (Å²) in [6.07, 6.45) is 1.33. The van der Waals surface area contributed by atoms with Crippen molar-refractivity contribution in [2.24, 2.45) is 23.1 Å². The molecule has 0 aromatic heterocycles. The maximum absolute atomic E-state index is 12.9. The van der Waals surface area contributed by atoms with Crippen LogP contribution in [0.3, 0.4) is 0 Å². The van der Waals surface area contributed by atoms with Gasteiger partial charge in [-0.2, -0.15) is 12.6 Å². The van der Waals surface area contributed by atoms with E-state index in [4.69, 9.17) is 17.2 Å². The number of carbonyl (C=O) groups excluding carboxylic acids is 4. The summed E-state index contributed by atoms with van der Waals surface area (Å²) in [5.74, 6) is -4.59. The van der Waals surface area contributed by atoms with E-state index in [0.29, 0.717) is 25.8 Å². The number of rotatable bonds is 16. The molecule has 0 fully saturated rings. The summed E-state index contributed by atoms with van der Waals surface area (Å²) >= 11 is 3.97. The summed E-state index contributed by atoms with van der Waals surface area (Å²) in [6, 6.07) is -4.52. The Kier molecular flexibility index (Phi) is 14.3. The standard InChI is InChI=1S/C19H36N6O6S/c1-3-10(2)15(18(29)24-13(19(30)31)8-14(22)26)25-17(28)12(6-4-5-7-20)23-16(27)11(21)9-32/h10-13,15,32H,3-9,20-21H2,1-2H3,(H2,22,26)(H,23,27)(H,24,29)(H,25,28)(H,30,31). The van der Waals surface area contributed by atoms with Crippen LogP contribution in [0.2, 0.25) is 0 Å². The summed E-state index contributed by atoms with van der Waals surface area (Å²) in [6.45, 7) is 3.90. The Morgan fingerprint density at radius 3 is 2.03 bits per heavy atom. The second-order valence-corrected chi connectivity index (χ2v) is 7.94. The van der Waals surface area contributed by atoms with Gasteiger partial charge in [-0.25, -0.2) is 4.79 Å². The lowest BCUT2D eigenvalue weighted by molar-refractivity contribution is -0.144. The third-order valence-electron chi connectivity index (χ3n) is 4.93. The molecule has 5 atom stereocenters. The molecule has 0 aliphatic heterocycles. The third-order valence-corrected chi connectivity index (χ3v) is 5.32. The molecule has 32 heavy (non-hydrogen) atoms. The molecule has 0 bridgehead atoms. The second-order valence-electron chi connectivity index (χ2n) is 7.58. The van der Waals surface area contributed by atoms with E-state index in [1.807, 2.05) is 0 Å². The Morgan fingerprint density at radius 2 is 1.56 bits per heavy atom. The van der Waals surface area contributed by atoms with E-state index in [2.05, 4.69) is 28.6 Å². The molecule has 12 nitrogen and oxygen atoms in total. The number of carboxylic acid groups (broad SMARTS) is 1. The Labute approximate surface area is 193 Å². The van der Waals surface area contributed by atoms with Crippen LogP contribution in [-0.4, -0.2) is 71.2 Å². The van der Waals surface area contributed by atoms with Crippen molar-refractivity contribution in [1.29, 1.82) is 0 Å². The predicted octanol–water partition coefficient (Wildman–Crippen LogP) is -2.17. The number of unbranched alkanes of at least 4 members (excludes halogenated alkanes) is 1. The number of nitrogens with two attached hydrogens (primary N) is 3. The van der Waals surface area contributed by atoms with E-state index >= 15 is 0 Å². The molecule has 0 spiro atoms. The SMILES string of the molecule is CCC(C)C(NC(=O)C(CCCCN)NC(=O)C(N)CS)C(=O)NC(CC(N)=O)C(=O)O. The van der Waals surface area contributed by atoms with Gasteiger partial charge in [-0.15, -0.1) is 0 Å². The first-order valence-electron chi connectivity index (χ1n) is 10.5. The molecule has 13 heteroatoms. The number of thiol groups is 1. The van der Waals surface area contributed by atoms with E-state index in [-0.39, 0.29) is 18.1 Å². The van der Waals surface area contributed by atoms with E-state index in [0.717, 1.165) is 0 Å². The van der Waals surface area contributed by atoms with Crippen molar-refractivity contribution >= 4 is 42.2 Å². The molecule has 10 N–H and O–H groups in total. The van der Waals surface area contributed by atoms with Crippen LogP contribution < -0.4 is 33.2 Å². The van der Waals surface area contributed by atoms with Gasteiger partial charge in [-0.3, -0.25) is 19.2 Å². The van der Waals surface area contributed by atoms with Gasteiger partial charge in [0.2, 0.25) is 23.6 Å². The lowest BCUT2D eigenvalue weighted by Crippen LogP contribution is -2.59. The molecule has 5 unspecified atom stereocenters. The van der Waals surface area contributed by atoms with Gasteiger partial charge in [0.05, 0.1) is 12.5 Å². The van der Waals surface area contributed by atoms with Crippen LogP contribution in [0, 0.1) is 5.92 Å². The third kappa shape index (κ3) is 10.8. The molecule has 0 saturated heterocycles. The first-order chi connectivity index (χ1) is 15.0. The van der Waals surface area contributed by atoms with Gasteiger partial charge in [0.25, 0.3) is 0 Å². The van der Waals surface area contributed by atoms with Crippen LogP contribution in [0.5, 0.6) is 0 Å². The summed E-state index contributed by atoms with van der Waals surface area (Å²) in [4.78, 5) is 60.3. The van der Waals surface area contributed by atoms with Gasteiger partial charge in [-0.05, 0) is 31.7 Å². The molecular formula is C19H36N6O6S. The Bertz CT molecular complexity index is 664. The first-order valence-corrected chi connectivity index (χ1v) is 11.1. The molecule has 0 aliphatic rings. The van der Waals surface area contributed by atoms with Crippen molar-refractivity contribution < 1.29 is 29.1 Å². The van der Waals surface area contributed by atoms with E-state index in [1.165, 1.54) is 0 Å². The van der Waals surface area contributed by atoms with Gasteiger partial charge in [-0.1, -0.05) is 20.3 Å². The van der Waals surface area contributed by atoms with Crippen LogP contribution in [0.4, 0.5) is 0 Å². The molecule has 0 aromatic rings. The molecule has 0 aliphatic carbocycles. The van der Waals surface area contributed by atoms with Gasteiger partial charge in [0.15, 0.2) is 0 Å². The number of hydrogen-bond acceptors (Lipinski definition) is 8. The van der Waals surface area contributed by atoms with Gasteiger partial charge in [0, 0.05) is 5.75 Å². The Hall–Kier alpha value is -2.38. The van der Waals surface area contributed by atoms with Crippen molar-refractivity contribution in [3.63, 3.8) is 0 Å². The van der Waals surface area contributed by atoms with Crippen molar-refractivity contribution in [3.05, 3.63) is 0 Å². The number of carbonyl (C=O) groups is 5. The van der Waals surface area contributed by atoms with Crippen LogP contribution in [-0.2, 0) is 24.0 Å². The average Bonchev–Trinajstić information content (AvgIpc) is 2.74. The Morgan fingerprint density at radius 1 is 0.969 bits per heavy atom. The van der Waals surface area contributed by atoms with Crippen LogP contribution in [0.25, 0.3) is 0 Å². The highest BCUT2D eigenvalue weighted by Gasteiger charge is 2.33. The number of primary amides is 1. The van der Waals surface area contributed by atoms with E-state index in [9.17, 15) is 29.1 Å². The number of nitrogens with one attached hydrogen (secondary N) is 3. The molecule has 0 aromatic carbocycles. The number of carboxylic acids is 1. The van der Waals surface area contributed by atoms with Crippen LogP contribution in [0.15, 0.2) is 0 Å². The average molecular weight is 477 g/mol. The van der Waals surface area contributed by atoms with Crippen LogP contribution >= 0.6 is 12.6 Å².